The van der Waals surface area contributed by atoms with Crippen LogP contribution in [0.25, 0.3) is 0 Å². The van der Waals surface area contributed by atoms with Crippen molar-refractivity contribution in [3.05, 3.63) is 35.4 Å². The Morgan fingerprint density at radius 2 is 2.21 bits per heavy atom. The van der Waals surface area contributed by atoms with E-state index >= 15 is 0 Å². The van der Waals surface area contributed by atoms with Crippen molar-refractivity contribution in [3.63, 3.8) is 0 Å². The van der Waals surface area contributed by atoms with Crippen LogP contribution in [-0.4, -0.2) is 35.5 Å². The van der Waals surface area contributed by atoms with Crippen LogP contribution in [0, 0.1) is 0 Å². The Morgan fingerprint density at radius 1 is 1.47 bits per heavy atom. The van der Waals surface area contributed by atoms with Crippen LogP contribution in [0.15, 0.2) is 24.3 Å². The summed E-state index contributed by atoms with van der Waals surface area (Å²) >= 11 is 0. The molecule has 0 fully saturated rings. The number of aliphatic hydroxyl groups excluding tert-OH is 1. The van der Waals surface area contributed by atoms with Gasteiger partial charge in [0.1, 0.15) is 0 Å². The van der Waals surface area contributed by atoms with Crippen LogP contribution in [-0.2, 0) is 21.4 Å². The van der Waals surface area contributed by atoms with Crippen molar-refractivity contribution >= 4 is 5.97 Å². The Hall–Kier alpha value is -1.39. The van der Waals surface area contributed by atoms with Crippen molar-refractivity contribution in [2.75, 3.05) is 13.2 Å². The van der Waals surface area contributed by atoms with Gasteiger partial charge in [-0.3, -0.25) is 4.79 Å². The van der Waals surface area contributed by atoms with Crippen molar-refractivity contribution in [3.8, 4) is 0 Å². The molecule has 0 heterocycles. The van der Waals surface area contributed by atoms with Crippen LogP contribution in [0.5, 0.6) is 0 Å². The number of aryl methyl sites for hydroxylation is 1. The van der Waals surface area contributed by atoms with Gasteiger partial charge < -0.3 is 14.9 Å². The minimum absolute atomic E-state index is 0.188. The molecule has 0 saturated heterocycles. The first kappa shape index (κ1) is 14.0. The van der Waals surface area contributed by atoms with Gasteiger partial charge in [0.15, 0.2) is 0 Å². The van der Waals surface area contributed by atoms with Crippen LogP contribution in [0.4, 0.5) is 0 Å². The van der Waals surface area contributed by atoms with Gasteiger partial charge in [-0.1, -0.05) is 24.3 Å². The van der Waals surface area contributed by atoms with Gasteiger partial charge in [0.2, 0.25) is 0 Å². The van der Waals surface area contributed by atoms with Gasteiger partial charge in [-0.05, 0) is 37.3 Å². The summed E-state index contributed by atoms with van der Waals surface area (Å²) < 4.78 is 5.18. The number of carboxylic acids is 1. The SMILES string of the molecule is CCOCC(O)CC1(C(=O)O)CCc2ccccc21. The largest absolute Gasteiger partial charge is 0.481 e. The van der Waals surface area contributed by atoms with Gasteiger partial charge in [0.05, 0.1) is 18.1 Å². The first-order chi connectivity index (χ1) is 9.10. The Labute approximate surface area is 113 Å². The van der Waals surface area contributed by atoms with Crippen LogP contribution < -0.4 is 0 Å². The fourth-order valence-corrected chi connectivity index (χ4v) is 2.92. The molecule has 0 aromatic heterocycles. The molecule has 2 unspecified atom stereocenters. The highest BCUT2D eigenvalue weighted by molar-refractivity contribution is 5.83. The summed E-state index contributed by atoms with van der Waals surface area (Å²) in [6.45, 7) is 2.56. The number of hydrogen-bond acceptors (Lipinski definition) is 3. The van der Waals surface area contributed by atoms with E-state index < -0.39 is 17.5 Å². The van der Waals surface area contributed by atoms with E-state index in [2.05, 4.69) is 0 Å². The monoisotopic (exact) mass is 264 g/mol. The molecule has 19 heavy (non-hydrogen) atoms. The van der Waals surface area contributed by atoms with Crippen molar-refractivity contribution < 1.29 is 19.7 Å². The van der Waals surface area contributed by atoms with Crippen molar-refractivity contribution in [1.29, 1.82) is 0 Å². The van der Waals surface area contributed by atoms with Gasteiger partial charge in [0.25, 0.3) is 0 Å². The summed E-state index contributed by atoms with van der Waals surface area (Å²) in [6.07, 6.45) is 0.760. The number of rotatable bonds is 6. The zero-order chi connectivity index (χ0) is 13.9. The van der Waals surface area contributed by atoms with Crippen LogP contribution in [0.3, 0.4) is 0 Å². The van der Waals surface area contributed by atoms with Crippen LogP contribution in [0.2, 0.25) is 0 Å². The summed E-state index contributed by atoms with van der Waals surface area (Å²) in [7, 11) is 0. The van der Waals surface area contributed by atoms with Gasteiger partial charge >= 0.3 is 5.97 Å². The molecular formula is C15H20O4. The summed E-state index contributed by atoms with van der Waals surface area (Å²) in [5.74, 6) is -0.854. The summed E-state index contributed by atoms with van der Waals surface area (Å²) in [6, 6.07) is 7.61. The molecule has 0 radical (unpaired) electrons. The lowest BCUT2D eigenvalue weighted by Gasteiger charge is -2.28. The van der Waals surface area contributed by atoms with E-state index in [0.29, 0.717) is 13.0 Å². The number of carboxylic acid groups (broad SMARTS) is 1. The lowest BCUT2D eigenvalue weighted by Crippen LogP contribution is -2.38. The molecule has 104 valence electrons. The van der Waals surface area contributed by atoms with Crippen LogP contribution in [0.1, 0.15) is 30.9 Å². The molecule has 0 aliphatic heterocycles. The maximum Gasteiger partial charge on any atom is 0.314 e. The number of hydrogen-bond donors (Lipinski definition) is 2. The predicted molar refractivity (Wildman–Crippen MR) is 71.2 cm³/mol. The lowest BCUT2D eigenvalue weighted by atomic mass is 9.77. The molecule has 1 aliphatic rings. The lowest BCUT2D eigenvalue weighted by molar-refractivity contribution is -0.145. The fraction of sp³-hybridized carbons (Fsp3) is 0.533. The molecule has 2 rings (SSSR count). The van der Waals surface area contributed by atoms with E-state index in [9.17, 15) is 15.0 Å². The van der Waals surface area contributed by atoms with Crippen LogP contribution >= 0.6 is 0 Å². The van der Waals surface area contributed by atoms with Gasteiger partial charge in [0, 0.05) is 6.61 Å². The molecule has 4 nitrogen and oxygen atoms in total. The highest BCUT2D eigenvalue weighted by Gasteiger charge is 2.46. The van der Waals surface area contributed by atoms with E-state index in [1.807, 2.05) is 31.2 Å². The van der Waals surface area contributed by atoms with E-state index in [4.69, 9.17) is 4.74 Å². The number of aliphatic hydroxyl groups is 1. The summed E-state index contributed by atoms with van der Waals surface area (Å²) in [5, 5.41) is 19.6. The number of ether oxygens (including phenoxy) is 1. The highest BCUT2D eigenvalue weighted by Crippen LogP contribution is 2.42. The van der Waals surface area contributed by atoms with Gasteiger partial charge in [-0.15, -0.1) is 0 Å². The quantitative estimate of drug-likeness (QED) is 0.821. The topological polar surface area (TPSA) is 66.8 Å². The minimum Gasteiger partial charge on any atom is -0.481 e. The third kappa shape index (κ3) is 2.65. The third-order valence-electron chi connectivity index (χ3n) is 3.86. The second-order valence-electron chi connectivity index (χ2n) is 5.06. The molecule has 2 N–H and O–H groups in total. The maximum atomic E-state index is 11.7. The Kier molecular flexibility index (Phi) is 4.22. The Morgan fingerprint density at radius 3 is 2.89 bits per heavy atom. The smallest absolute Gasteiger partial charge is 0.314 e. The van der Waals surface area contributed by atoms with Crippen molar-refractivity contribution in [2.24, 2.45) is 0 Å². The molecule has 0 saturated carbocycles. The molecule has 1 aliphatic carbocycles. The number of carbonyl (C=O) groups is 1. The summed E-state index contributed by atoms with van der Waals surface area (Å²) in [4.78, 5) is 11.7. The first-order valence-corrected chi connectivity index (χ1v) is 6.67. The third-order valence-corrected chi connectivity index (χ3v) is 3.86. The molecule has 0 amide bonds. The minimum atomic E-state index is -0.965. The van der Waals surface area contributed by atoms with E-state index in [1.165, 1.54) is 0 Å². The maximum absolute atomic E-state index is 11.7. The normalized spacial score (nSPS) is 23.1. The molecule has 0 spiro atoms. The standard InChI is InChI=1S/C15H20O4/c1-2-19-10-12(16)9-15(14(17)18)8-7-11-5-3-4-6-13(11)15/h3-6,12,16H,2,7-10H2,1H3,(H,17,18). The van der Waals surface area contributed by atoms with Crippen molar-refractivity contribution in [1.82, 2.24) is 0 Å². The van der Waals surface area contributed by atoms with Gasteiger partial charge in [-0.2, -0.15) is 0 Å². The van der Waals surface area contributed by atoms with E-state index in [0.717, 1.165) is 17.5 Å². The number of benzene rings is 1. The zero-order valence-electron chi connectivity index (χ0n) is 11.1. The molecular weight excluding hydrogens is 244 g/mol. The molecule has 1 aromatic carbocycles. The van der Waals surface area contributed by atoms with E-state index in [1.54, 1.807) is 0 Å². The molecule has 1 aromatic rings. The van der Waals surface area contributed by atoms with Gasteiger partial charge in [-0.25, -0.2) is 0 Å². The predicted octanol–water partition coefficient (Wildman–Crippen LogP) is 1.74. The molecule has 4 heteroatoms. The van der Waals surface area contributed by atoms with E-state index in [-0.39, 0.29) is 13.0 Å². The molecule has 0 bridgehead atoms. The Balaban J connectivity index is 2.24. The highest BCUT2D eigenvalue weighted by atomic mass is 16.5. The number of aliphatic carboxylic acids is 1. The Bertz CT molecular complexity index is 457. The van der Waals surface area contributed by atoms with Crippen molar-refractivity contribution in [2.45, 2.75) is 37.7 Å². The fourth-order valence-electron chi connectivity index (χ4n) is 2.92. The summed E-state index contributed by atoms with van der Waals surface area (Å²) in [5.41, 5.74) is 0.958. The second kappa shape index (κ2) is 5.72. The molecule has 2 atom stereocenters. The number of fused-ring (bicyclic) bond motifs is 1. The average Bonchev–Trinajstić information content (AvgIpc) is 2.77. The average molecular weight is 264 g/mol. The first-order valence-electron chi connectivity index (χ1n) is 6.67. The second-order valence-corrected chi connectivity index (χ2v) is 5.06. The zero-order valence-corrected chi connectivity index (χ0v) is 11.1.